The Morgan fingerprint density at radius 3 is 2.86 bits per heavy atom. The molecule has 2 heterocycles. The van der Waals surface area contributed by atoms with Crippen molar-refractivity contribution in [3.05, 3.63) is 29.8 Å². The predicted octanol–water partition coefficient (Wildman–Crippen LogP) is 2.51. The standard InChI is InChI=1S/C22H32N2O4/c1-27-14-13-24-17-22(11-9-21(24)26)10-4-12-23(16-22)20(25)8-7-18-5-3-6-19(15-18)28-2/h3,5-6,15H,4,7-14,16-17H2,1-2H3/t22-/m0/s1. The number of methoxy groups -OCH3 is 2. The number of hydrogen-bond acceptors (Lipinski definition) is 4. The quantitative estimate of drug-likeness (QED) is 0.720. The number of piperidine rings is 2. The molecule has 2 amide bonds. The molecule has 0 radical (unpaired) electrons. The summed E-state index contributed by atoms with van der Waals surface area (Å²) in [4.78, 5) is 29.0. The molecule has 1 aromatic carbocycles. The largest absolute Gasteiger partial charge is 0.497 e. The second-order valence-electron chi connectivity index (χ2n) is 8.08. The van der Waals surface area contributed by atoms with Crippen molar-refractivity contribution in [2.75, 3.05) is 47.0 Å². The molecule has 0 unspecified atom stereocenters. The number of carbonyl (C=O) groups is 2. The predicted molar refractivity (Wildman–Crippen MR) is 107 cm³/mol. The van der Waals surface area contributed by atoms with E-state index in [0.717, 1.165) is 56.6 Å². The molecule has 2 saturated heterocycles. The first-order chi connectivity index (χ1) is 13.5. The zero-order chi connectivity index (χ0) is 20.0. The smallest absolute Gasteiger partial charge is 0.222 e. The highest BCUT2D eigenvalue weighted by molar-refractivity contribution is 5.78. The van der Waals surface area contributed by atoms with Gasteiger partial charge in [-0.1, -0.05) is 12.1 Å². The Kier molecular flexibility index (Phi) is 6.94. The second kappa shape index (κ2) is 9.41. The van der Waals surface area contributed by atoms with Gasteiger partial charge in [0.05, 0.1) is 13.7 Å². The average Bonchev–Trinajstić information content (AvgIpc) is 2.73. The molecule has 0 saturated carbocycles. The molecular weight excluding hydrogens is 356 g/mol. The van der Waals surface area contributed by atoms with Crippen molar-refractivity contribution in [3.63, 3.8) is 0 Å². The summed E-state index contributed by atoms with van der Waals surface area (Å²) in [6.07, 6.45) is 4.79. The molecule has 6 nitrogen and oxygen atoms in total. The number of nitrogens with zero attached hydrogens (tertiary/aromatic N) is 2. The Bertz CT molecular complexity index is 693. The minimum atomic E-state index is 0.0472. The summed E-state index contributed by atoms with van der Waals surface area (Å²) in [6.45, 7) is 3.53. The van der Waals surface area contributed by atoms with Crippen LogP contribution in [0.4, 0.5) is 0 Å². The minimum absolute atomic E-state index is 0.0472. The van der Waals surface area contributed by atoms with Crippen molar-refractivity contribution >= 4 is 11.8 Å². The molecule has 0 aromatic heterocycles. The van der Waals surface area contributed by atoms with E-state index in [0.29, 0.717) is 26.0 Å². The maximum atomic E-state index is 12.9. The summed E-state index contributed by atoms with van der Waals surface area (Å²) in [5, 5.41) is 0. The van der Waals surface area contributed by atoms with E-state index in [1.165, 1.54) is 0 Å². The van der Waals surface area contributed by atoms with Crippen LogP contribution in [0.25, 0.3) is 0 Å². The Morgan fingerprint density at radius 2 is 2.07 bits per heavy atom. The number of hydrogen-bond donors (Lipinski definition) is 0. The first kappa shape index (κ1) is 20.6. The van der Waals surface area contributed by atoms with Crippen LogP contribution in [-0.4, -0.2) is 68.6 Å². The molecule has 0 bridgehead atoms. The van der Waals surface area contributed by atoms with Crippen LogP contribution in [0.3, 0.4) is 0 Å². The van der Waals surface area contributed by atoms with Crippen LogP contribution in [0, 0.1) is 5.41 Å². The van der Waals surface area contributed by atoms with Crippen LogP contribution in [0.15, 0.2) is 24.3 Å². The fraction of sp³-hybridized carbons (Fsp3) is 0.636. The highest BCUT2D eigenvalue weighted by Crippen LogP contribution is 2.39. The molecule has 1 atom stereocenters. The van der Waals surface area contributed by atoms with E-state index >= 15 is 0 Å². The Hall–Kier alpha value is -2.08. The van der Waals surface area contributed by atoms with Gasteiger partial charge in [0.25, 0.3) is 0 Å². The summed E-state index contributed by atoms with van der Waals surface area (Å²) >= 11 is 0. The van der Waals surface area contributed by atoms with Crippen LogP contribution < -0.4 is 4.74 Å². The van der Waals surface area contributed by atoms with Gasteiger partial charge in [-0.15, -0.1) is 0 Å². The third kappa shape index (κ3) is 5.04. The Balaban J connectivity index is 1.57. The monoisotopic (exact) mass is 388 g/mol. The van der Waals surface area contributed by atoms with Gasteiger partial charge < -0.3 is 19.3 Å². The van der Waals surface area contributed by atoms with E-state index in [2.05, 4.69) is 0 Å². The van der Waals surface area contributed by atoms with Crippen LogP contribution in [0.1, 0.15) is 37.7 Å². The van der Waals surface area contributed by atoms with E-state index < -0.39 is 0 Å². The molecular formula is C22H32N2O4. The summed E-state index contributed by atoms with van der Waals surface area (Å²) in [6, 6.07) is 7.90. The Morgan fingerprint density at radius 1 is 1.21 bits per heavy atom. The molecule has 6 heteroatoms. The van der Waals surface area contributed by atoms with Crippen molar-refractivity contribution < 1.29 is 19.1 Å². The maximum Gasteiger partial charge on any atom is 0.222 e. The third-order valence-corrected chi connectivity index (χ3v) is 6.09. The van der Waals surface area contributed by atoms with Crippen LogP contribution in [0.2, 0.25) is 0 Å². The van der Waals surface area contributed by atoms with E-state index in [-0.39, 0.29) is 17.2 Å². The topological polar surface area (TPSA) is 59.1 Å². The van der Waals surface area contributed by atoms with E-state index in [1.54, 1.807) is 14.2 Å². The molecule has 154 valence electrons. The van der Waals surface area contributed by atoms with Crippen molar-refractivity contribution in [2.45, 2.75) is 38.5 Å². The van der Waals surface area contributed by atoms with Crippen molar-refractivity contribution in [2.24, 2.45) is 5.41 Å². The molecule has 0 aliphatic carbocycles. The van der Waals surface area contributed by atoms with Crippen molar-refractivity contribution in [1.29, 1.82) is 0 Å². The van der Waals surface area contributed by atoms with Crippen molar-refractivity contribution in [1.82, 2.24) is 9.80 Å². The first-order valence-electron chi connectivity index (χ1n) is 10.2. The number of amides is 2. The molecule has 28 heavy (non-hydrogen) atoms. The zero-order valence-corrected chi connectivity index (χ0v) is 17.1. The molecule has 2 aliphatic rings. The molecule has 2 aliphatic heterocycles. The summed E-state index contributed by atoms with van der Waals surface area (Å²) in [7, 11) is 3.32. The van der Waals surface area contributed by atoms with Crippen LogP contribution in [0.5, 0.6) is 5.75 Å². The number of aryl methyl sites for hydroxylation is 1. The van der Waals surface area contributed by atoms with Gasteiger partial charge in [0.15, 0.2) is 0 Å². The van der Waals surface area contributed by atoms with Crippen LogP contribution >= 0.6 is 0 Å². The SMILES string of the molecule is COCCN1C[C@@]2(CCCN(C(=O)CCc3cccc(OC)c3)C2)CCC1=O. The van der Waals surface area contributed by atoms with Gasteiger partial charge in [-0.25, -0.2) is 0 Å². The highest BCUT2D eigenvalue weighted by atomic mass is 16.5. The van der Waals surface area contributed by atoms with Crippen LogP contribution in [-0.2, 0) is 20.7 Å². The third-order valence-electron chi connectivity index (χ3n) is 6.09. The fourth-order valence-corrected chi connectivity index (χ4v) is 4.50. The lowest BCUT2D eigenvalue weighted by Gasteiger charge is -2.48. The number of rotatable bonds is 7. The summed E-state index contributed by atoms with van der Waals surface area (Å²) < 4.78 is 10.4. The summed E-state index contributed by atoms with van der Waals surface area (Å²) in [5.41, 5.74) is 1.17. The average molecular weight is 389 g/mol. The van der Waals surface area contributed by atoms with Gasteiger partial charge in [0, 0.05) is 51.5 Å². The molecule has 3 rings (SSSR count). The second-order valence-corrected chi connectivity index (χ2v) is 8.08. The minimum Gasteiger partial charge on any atom is -0.497 e. The van der Waals surface area contributed by atoms with Gasteiger partial charge in [0.2, 0.25) is 11.8 Å². The lowest BCUT2D eigenvalue weighted by molar-refractivity contribution is -0.143. The normalized spacial score (nSPS) is 22.6. The van der Waals surface area contributed by atoms with Gasteiger partial charge in [-0.2, -0.15) is 0 Å². The molecule has 2 fully saturated rings. The lowest BCUT2D eigenvalue weighted by atomic mass is 9.73. The summed E-state index contributed by atoms with van der Waals surface area (Å²) in [5.74, 6) is 1.25. The van der Waals surface area contributed by atoms with Crippen molar-refractivity contribution in [3.8, 4) is 5.75 Å². The molecule has 1 aromatic rings. The van der Waals surface area contributed by atoms with Gasteiger partial charge in [0.1, 0.15) is 5.75 Å². The van der Waals surface area contributed by atoms with E-state index in [4.69, 9.17) is 9.47 Å². The lowest BCUT2D eigenvalue weighted by Crippen LogP contribution is -2.55. The number of ether oxygens (including phenoxy) is 2. The van der Waals surface area contributed by atoms with Gasteiger partial charge in [-0.05, 0) is 43.4 Å². The first-order valence-corrected chi connectivity index (χ1v) is 10.2. The van der Waals surface area contributed by atoms with E-state index in [9.17, 15) is 9.59 Å². The van der Waals surface area contributed by atoms with E-state index in [1.807, 2.05) is 34.1 Å². The fourth-order valence-electron chi connectivity index (χ4n) is 4.50. The van der Waals surface area contributed by atoms with Gasteiger partial charge >= 0.3 is 0 Å². The highest BCUT2D eigenvalue weighted by Gasteiger charge is 2.42. The van der Waals surface area contributed by atoms with Gasteiger partial charge in [-0.3, -0.25) is 9.59 Å². The number of likely N-dealkylation sites (tertiary alicyclic amines) is 2. The Labute approximate surface area is 167 Å². The maximum absolute atomic E-state index is 12.9. The molecule has 0 N–H and O–H groups in total. The number of benzene rings is 1. The number of carbonyl (C=O) groups excluding carboxylic acids is 2. The zero-order valence-electron chi connectivity index (χ0n) is 17.1. The molecule has 1 spiro atoms.